The Hall–Kier alpha value is -3.50. The summed E-state index contributed by atoms with van der Waals surface area (Å²) >= 11 is 0. The second kappa shape index (κ2) is 8.93. The van der Waals surface area contributed by atoms with Gasteiger partial charge in [0.05, 0.1) is 6.54 Å². The number of alkyl halides is 3. The molecule has 0 radical (unpaired) electrons. The average molecular weight is 448 g/mol. The number of hydrogen-bond acceptors (Lipinski definition) is 5. The van der Waals surface area contributed by atoms with Crippen LogP contribution in [0.4, 0.5) is 18.9 Å². The Balaban J connectivity index is 1.64. The molecule has 0 fully saturated rings. The first kappa shape index (κ1) is 23.2. The van der Waals surface area contributed by atoms with E-state index in [1.807, 2.05) is 19.1 Å². The molecule has 0 saturated carbocycles. The molecule has 2 heterocycles. The second-order valence-electron chi connectivity index (χ2n) is 7.57. The van der Waals surface area contributed by atoms with Crippen LogP contribution < -0.4 is 5.32 Å². The number of aromatic nitrogens is 4. The van der Waals surface area contributed by atoms with E-state index in [1.165, 1.54) is 11.9 Å². The first-order chi connectivity index (χ1) is 15.0. The number of carbonyl (C=O) groups excluding carboxylic acids is 2. The molecule has 0 spiro atoms. The average Bonchev–Trinajstić information content (AvgIpc) is 3.14. The highest BCUT2D eigenvalue weighted by molar-refractivity contribution is 5.94. The van der Waals surface area contributed by atoms with Gasteiger partial charge in [-0.05, 0) is 44.9 Å². The zero-order valence-corrected chi connectivity index (χ0v) is 18.1. The molecular formula is C21H23F3N6O2. The largest absolute Gasteiger partial charge is 0.453 e. The molecule has 0 aliphatic heterocycles. The van der Waals surface area contributed by atoms with E-state index < -0.39 is 12.0 Å². The zero-order valence-electron chi connectivity index (χ0n) is 18.1. The fraction of sp³-hybridized carbons (Fsp3) is 0.381. The Morgan fingerprint density at radius 3 is 2.38 bits per heavy atom. The minimum Gasteiger partial charge on any atom is -0.336 e. The first-order valence-electron chi connectivity index (χ1n) is 9.86. The first-order valence-corrected chi connectivity index (χ1v) is 9.86. The number of hydrogen-bond donors (Lipinski definition) is 1. The van der Waals surface area contributed by atoms with E-state index in [0.717, 1.165) is 10.1 Å². The molecule has 2 amide bonds. The lowest BCUT2D eigenvalue weighted by Crippen LogP contribution is -2.35. The number of aryl methyl sites for hydroxylation is 3. The van der Waals surface area contributed by atoms with E-state index in [-0.39, 0.29) is 37.0 Å². The lowest BCUT2D eigenvalue weighted by atomic mass is 10.1. The molecule has 11 heteroatoms. The molecule has 1 N–H and O–H groups in total. The molecule has 3 aromatic rings. The molecule has 0 aliphatic rings. The number of benzene rings is 1. The molecule has 3 rings (SSSR count). The van der Waals surface area contributed by atoms with Crippen molar-refractivity contribution in [3.05, 3.63) is 52.6 Å². The van der Waals surface area contributed by atoms with Crippen LogP contribution in [0.15, 0.2) is 24.3 Å². The number of rotatable bonds is 6. The van der Waals surface area contributed by atoms with Crippen molar-refractivity contribution in [2.75, 3.05) is 18.9 Å². The van der Waals surface area contributed by atoms with Crippen molar-refractivity contribution in [1.82, 2.24) is 24.5 Å². The van der Waals surface area contributed by atoms with Crippen LogP contribution in [0.3, 0.4) is 0 Å². The van der Waals surface area contributed by atoms with E-state index in [1.54, 1.807) is 26.0 Å². The normalized spacial score (nSPS) is 11.6. The smallest absolute Gasteiger partial charge is 0.336 e. The Morgan fingerprint density at radius 1 is 1.09 bits per heavy atom. The molecule has 0 atom stereocenters. The number of nitrogens with one attached hydrogen (secondary N) is 1. The van der Waals surface area contributed by atoms with E-state index >= 15 is 0 Å². The van der Waals surface area contributed by atoms with Gasteiger partial charge in [0.1, 0.15) is 0 Å². The van der Waals surface area contributed by atoms with Gasteiger partial charge < -0.3 is 10.2 Å². The van der Waals surface area contributed by atoms with Crippen LogP contribution in [0, 0.1) is 20.8 Å². The van der Waals surface area contributed by atoms with E-state index in [9.17, 15) is 22.8 Å². The minimum atomic E-state index is -4.67. The topological polar surface area (TPSA) is 92.5 Å². The highest BCUT2D eigenvalue weighted by Crippen LogP contribution is 2.27. The standard InChI is InChI=1S/C21H23F3N6O2/c1-12-5-7-15(8-6-12)26-17(31)11-29(4)18(32)10-9-16-13(2)25-20-27-19(21(22,23)24)28-30(20)14(16)3/h5-8H,9-11H2,1-4H3,(H,26,31). The maximum Gasteiger partial charge on any atom is 0.453 e. The van der Waals surface area contributed by atoms with E-state index in [2.05, 4.69) is 20.4 Å². The summed E-state index contributed by atoms with van der Waals surface area (Å²) in [6, 6.07) is 7.29. The minimum absolute atomic E-state index is 0.0595. The quantitative estimate of drug-likeness (QED) is 0.626. The maximum atomic E-state index is 12.9. The molecule has 8 nitrogen and oxygen atoms in total. The zero-order chi connectivity index (χ0) is 23.6. The third-order valence-electron chi connectivity index (χ3n) is 5.03. The molecular weight excluding hydrogens is 425 g/mol. The lowest BCUT2D eigenvalue weighted by molar-refractivity contribution is -0.144. The summed E-state index contributed by atoms with van der Waals surface area (Å²) in [5.41, 5.74) is 3.22. The molecule has 170 valence electrons. The summed E-state index contributed by atoms with van der Waals surface area (Å²) in [7, 11) is 1.52. The number of fused-ring (bicyclic) bond motifs is 1. The third-order valence-corrected chi connectivity index (χ3v) is 5.03. The summed E-state index contributed by atoms with van der Waals surface area (Å²) in [5.74, 6) is -2.02. The monoisotopic (exact) mass is 448 g/mol. The highest BCUT2D eigenvalue weighted by Gasteiger charge is 2.37. The van der Waals surface area contributed by atoms with Gasteiger partial charge in [-0.15, -0.1) is 5.10 Å². The summed E-state index contributed by atoms with van der Waals surface area (Å²) in [4.78, 5) is 33.5. The number of likely N-dealkylation sites (N-methyl/N-ethyl adjacent to an activating group) is 1. The van der Waals surface area contributed by atoms with Crippen LogP contribution in [-0.2, 0) is 22.2 Å². The number of nitrogens with zero attached hydrogens (tertiary/aromatic N) is 5. The fourth-order valence-corrected chi connectivity index (χ4v) is 3.25. The maximum absolute atomic E-state index is 12.9. The molecule has 32 heavy (non-hydrogen) atoms. The number of halogens is 3. The van der Waals surface area contributed by atoms with Crippen molar-refractivity contribution in [2.45, 2.75) is 39.8 Å². The number of carbonyl (C=O) groups is 2. The van der Waals surface area contributed by atoms with Crippen molar-refractivity contribution >= 4 is 23.3 Å². The predicted molar refractivity (Wildman–Crippen MR) is 111 cm³/mol. The van der Waals surface area contributed by atoms with Crippen molar-refractivity contribution in [3.8, 4) is 0 Å². The van der Waals surface area contributed by atoms with Gasteiger partial charge in [-0.3, -0.25) is 9.59 Å². The van der Waals surface area contributed by atoms with Crippen molar-refractivity contribution in [2.24, 2.45) is 0 Å². The van der Waals surface area contributed by atoms with Gasteiger partial charge in [0.2, 0.25) is 11.8 Å². The van der Waals surface area contributed by atoms with Crippen molar-refractivity contribution in [3.63, 3.8) is 0 Å². The van der Waals surface area contributed by atoms with E-state index in [0.29, 0.717) is 22.6 Å². The van der Waals surface area contributed by atoms with Crippen LogP contribution in [0.1, 0.15) is 34.8 Å². The Labute approximate surface area is 182 Å². The second-order valence-corrected chi connectivity index (χ2v) is 7.57. The molecule has 0 bridgehead atoms. The van der Waals surface area contributed by atoms with Gasteiger partial charge in [0, 0.05) is 30.5 Å². The predicted octanol–water partition coefficient (Wildman–Crippen LogP) is 3.10. The van der Waals surface area contributed by atoms with Gasteiger partial charge in [-0.1, -0.05) is 17.7 Å². The molecule has 2 aromatic heterocycles. The van der Waals surface area contributed by atoms with Gasteiger partial charge in [0.15, 0.2) is 0 Å². The Bertz CT molecular complexity index is 1160. The van der Waals surface area contributed by atoms with Gasteiger partial charge in [0.25, 0.3) is 11.6 Å². The molecule has 0 aliphatic carbocycles. The summed E-state index contributed by atoms with van der Waals surface area (Å²) in [6.45, 7) is 5.06. The van der Waals surface area contributed by atoms with Gasteiger partial charge >= 0.3 is 6.18 Å². The van der Waals surface area contributed by atoms with Crippen molar-refractivity contribution in [1.29, 1.82) is 0 Å². The lowest BCUT2D eigenvalue weighted by Gasteiger charge is -2.17. The van der Waals surface area contributed by atoms with Crippen LogP contribution in [0.25, 0.3) is 5.78 Å². The van der Waals surface area contributed by atoms with Crippen LogP contribution >= 0.6 is 0 Å². The SMILES string of the molecule is Cc1ccc(NC(=O)CN(C)C(=O)CCc2c(C)nc3nc(C(F)(F)F)nn3c2C)cc1. The molecule has 0 unspecified atom stereocenters. The molecule has 1 aromatic carbocycles. The summed E-state index contributed by atoms with van der Waals surface area (Å²) < 4.78 is 39.8. The molecule has 0 saturated heterocycles. The third kappa shape index (κ3) is 5.21. The Kier molecular flexibility index (Phi) is 6.47. The summed E-state index contributed by atoms with van der Waals surface area (Å²) in [5, 5.41) is 6.23. The van der Waals surface area contributed by atoms with Gasteiger partial charge in [-0.25, -0.2) is 9.50 Å². The van der Waals surface area contributed by atoms with E-state index in [4.69, 9.17) is 0 Å². The van der Waals surface area contributed by atoms with Crippen LogP contribution in [0.2, 0.25) is 0 Å². The Morgan fingerprint density at radius 2 is 1.75 bits per heavy atom. The highest BCUT2D eigenvalue weighted by atomic mass is 19.4. The van der Waals surface area contributed by atoms with Crippen LogP contribution in [0.5, 0.6) is 0 Å². The fourth-order valence-electron chi connectivity index (χ4n) is 3.25. The summed E-state index contributed by atoms with van der Waals surface area (Å²) in [6.07, 6.45) is -4.37. The number of anilines is 1. The van der Waals surface area contributed by atoms with Crippen molar-refractivity contribution < 1.29 is 22.8 Å². The number of amides is 2. The van der Waals surface area contributed by atoms with Gasteiger partial charge in [-0.2, -0.15) is 18.2 Å². The van der Waals surface area contributed by atoms with Crippen LogP contribution in [-0.4, -0.2) is 49.9 Å².